The molecule has 0 radical (unpaired) electrons. The van der Waals surface area contributed by atoms with Crippen LogP contribution in [0.4, 0.5) is 10.2 Å². The third kappa shape index (κ3) is 5.10. The number of nitrogens with zero attached hydrogens (tertiary/aromatic N) is 3. The second kappa shape index (κ2) is 8.89. The van der Waals surface area contributed by atoms with Crippen LogP contribution in [-0.4, -0.2) is 29.5 Å². The van der Waals surface area contributed by atoms with Crippen molar-refractivity contribution in [3.05, 3.63) is 89.6 Å². The first-order valence-corrected chi connectivity index (χ1v) is 8.71. The van der Waals surface area contributed by atoms with E-state index in [1.165, 1.54) is 11.6 Å². The monoisotopic (exact) mass is 364 g/mol. The number of aromatic nitrogens is 2. The van der Waals surface area contributed by atoms with E-state index in [-0.39, 0.29) is 18.3 Å². The van der Waals surface area contributed by atoms with Crippen LogP contribution in [0.2, 0.25) is 0 Å². The maximum absolute atomic E-state index is 13.7. The van der Waals surface area contributed by atoms with Crippen LogP contribution in [0.1, 0.15) is 21.5 Å². The second-order valence-corrected chi connectivity index (χ2v) is 6.20. The van der Waals surface area contributed by atoms with Gasteiger partial charge >= 0.3 is 0 Å². The largest absolute Gasteiger partial charge is 0.359 e. The van der Waals surface area contributed by atoms with Crippen LogP contribution in [-0.2, 0) is 13.0 Å². The van der Waals surface area contributed by atoms with E-state index >= 15 is 0 Å². The molecule has 0 unspecified atom stereocenters. The molecule has 6 heteroatoms. The third-order valence-electron chi connectivity index (χ3n) is 4.28. The van der Waals surface area contributed by atoms with Crippen molar-refractivity contribution in [1.82, 2.24) is 15.3 Å². The molecular weight excluding hydrogens is 343 g/mol. The van der Waals surface area contributed by atoms with Gasteiger partial charge in [-0.25, -0.2) is 9.37 Å². The smallest absolute Gasteiger partial charge is 0.251 e. The summed E-state index contributed by atoms with van der Waals surface area (Å²) >= 11 is 0. The zero-order valence-corrected chi connectivity index (χ0v) is 15.1. The van der Waals surface area contributed by atoms with Gasteiger partial charge in [0.25, 0.3) is 5.91 Å². The molecule has 2 aromatic heterocycles. The molecule has 0 aliphatic rings. The van der Waals surface area contributed by atoms with E-state index < -0.39 is 0 Å². The van der Waals surface area contributed by atoms with Crippen LogP contribution in [0.15, 0.2) is 67.1 Å². The van der Waals surface area contributed by atoms with Crippen LogP contribution in [0.5, 0.6) is 0 Å². The van der Waals surface area contributed by atoms with Crippen molar-refractivity contribution in [3.63, 3.8) is 0 Å². The minimum Gasteiger partial charge on any atom is -0.359 e. The van der Waals surface area contributed by atoms with Crippen LogP contribution < -0.4 is 10.2 Å². The van der Waals surface area contributed by atoms with Gasteiger partial charge in [-0.15, -0.1) is 0 Å². The standard InChI is InChI=1S/C21H21FN4O/c1-26(13-9-16-6-10-23-11-7-16)20-14-17(8-12-24-20)21(27)25-15-18-4-2-3-5-19(18)22/h2-8,10-12,14H,9,13,15H2,1H3,(H,25,27). The Morgan fingerprint density at radius 3 is 2.67 bits per heavy atom. The Morgan fingerprint density at radius 1 is 1.11 bits per heavy atom. The fourth-order valence-electron chi connectivity index (χ4n) is 2.65. The highest BCUT2D eigenvalue weighted by atomic mass is 19.1. The minimum absolute atomic E-state index is 0.140. The Hall–Kier alpha value is -3.28. The molecule has 0 fully saturated rings. The van der Waals surface area contributed by atoms with Crippen LogP contribution in [0.3, 0.4) is 0 Å². The molecule has 27 heavy (non-hydrogen) atoms. The molecule has 0 atom stereocenters. The highest BCUT2D eigenvalue weighted by Gasteiger charge is 2.10. The third-order valence-corrected chi connectivity index (χ3v) is 4.28. The highest BCUT2D eigenvalue weighted by Crippen LogP contribution is 2.13. The average Bonchev–Trinajstić information content (AvgIpc) is 2.72. The molecule has 3 rings (SSSR count). The molecule has 0 aliphatic heterocycles. The van der Waals surface area contributed by atoms with Gasteiger partial charge < -0.3 is 10.2 Å². The molecule has 1 amide bonds. The summed E-state index contributed by atoms with van der Waals surface area (Å²) in [4.78, 5) is 22.7. The fraction of sp³-hybridized carbons (Fsp3) is 0.190. The van der Waals surface area contributed by atoms with Crippen molar-refractivity contribution in [2.24, 2.45) is 0 Å². The Kier molecular flexibility index (Phi) is 6.10. The van der Waals surface area contributed by atoms with Gasteiger partial charge in [-0.1, -0.05) is 18.2 Å². The number of benzene rings is 1. The predicted molar refractivity (Wildman–Crippen MR) is 103 cm³/mol. The number of nitrogens with one attached hydrogen (secondary N) is 1. The van der Waals surface area contributed by atoms with Gasteiger partial charge in [-0.05, 0) is 42.3 Å². The van der Waals surface area contributed by atoms with Crippen molar-refractivity contribution < 1.29 is 9.18 Å². The number of carbonyl (C=O) groups excluding carboxylic acids is 1. The molecule has 5 nitrogen and oxygen atoms in total. The van der Waals surface area contributed by atoms with Crippen molar-refractivity contribution in [2.75, 3.05) is 18.5 Å². The lowest BCUT2D eigenvalue weighted by molar-refractivity contribution is 0.0950. The molecule has 0 bridgehead atoms. The van der Waals surface area contributed by atoms with Crippen LogP contribution >= 0.6 is 0 Å². The summed E-state index contributed by atoms with van der Waals surface area (Å²) in [5.74, 6) is 0.121. The van der Waals surface area contributed by atoms with Crippen LogP contribution in [0, 0.1) is 5.82 Å². The summed E-state index contributed by atoms with van der Waals surface area (Å²) in [5, 5.41) is 2.75. The lowest BCUT2D eigenvalue weighted by atomic mass is 10.2. The zero-order chi connectivity index (χ0) is 19.1. The topological polar surface area (TPSA) is 58.1 Å². The number of amides is 1. The normalized spacial score (nSPS) is 10.4. The summed E-state index contributed by atoms with van der Waals surface area (Å²) in [7, 11) is 1.94. The van der Waals surface area contributed by atoms with Crippen molar-refractivity contribution in [2.45, 2.75) is 13.0 Å². The van der Waals surface area contributed by atoms with E-state index in [2.05, 4.69) is 15.3 Å². The number of likely N-dealkylation sites (N-methyl/N-ethyl adjacent to an activating group) is 1. The number of halogens is 1. The summed E-state index contributed by atoms with van der Waals surface area (Å²) in [6.07, 6.45) is 6.00. The lowest BCUT2D eigenvalue weighted by Gasteiger charge is -2.18. The Morgan fingerprint density at radius 2 is 1.89 bits per heavy atom. The number of rotatable bonds is 7. The Labute approximate surface area is 157 Å². The van der Waals surface area contributed by atoms with Crippen molar-refractivity contribution >= 4 is 11.7 Å². The van der Waals surface area contributed by atoms with Gasteiger partial charge in [-0.3, -0.25) is 9.78 Å². The molecule has 0 saturated carbocycles. The van der Waals surface area contributed by atoms with E-state index in [4.69, 9.17) is 0 Å². The average molecular weight is 364 g/mol. The number of hydrogen-bond donors (Lipinski definition) is 1. The van der Waals surface area contributed by atoms with E-state index in [0.29, 0.717) is 16.9 Å². The molecule has 2 heterocycles. The maximum atomic E-state index is 13.7. The lowest BCUT2D eigenvalue weighted by Crippen LogP contribution is -2.25. The first-order chi connectivity index (χ1) is 13.1. The van der Waals surface area contributed by atoms with Gasteiger partial charge in [0, 0.05) is 49.9 Å². The van der Waals surface area contributed by atoms with Crippen LogP contribution in [0.25, 0.3) is 0 Å². The first-order valence-electron chi connectivity index (χ1n) is 8.71. The van der Waals surface area contributed by atoms with Crippen molar-refractivity contribution in [1.29, 1.82) is 0 Å². The van der Waals surface area contributed by atoms with Gasteiger partial charge in [-0.2, -0.15) is 0 Å². The molecule has 138 valence electrons. The molecule has 3 aromatic rings. The quantitative estimate of drug-likeness (QED) is 0.699. The van der Waals surface area contributed by atoms with Gasteiger partial charge in [0.15, 0.2) is 0 Å². The van der Waals surface area contributed by atoms with E-state index in [1.54, 1.807) is 48.9 Å². The molecule has 1 aromatic carbocycles. The number of hydrogen-bond acceptors (Lipinski definition) is 4. The Balaban J connectivity index is 1.60. The maximum Gasteiger partial charge on any atom is 0.251 e. The summed E-state index contributed by atoms with van der Waals surface area (Å²) < 4.78 is 13.7. The summed E-state index contributed by atoms with van der Waals surface area (Å²) in [6.45, 7) is 0.901. The number of carbonyl (C=O) groups is 1. The minimum atomic E-state index is -0.330. The highest BCUT2D eigenvalue weighted by molar-refractivity contribution is 5.94. The Bertz CT molecular complexity index is 901. The molecule has 0 saturated heterocycles. The van der Waals surface area contributed by atoms with E-state index in [0.717, 1.165) is 13.0 Å². The van der Waals surface area contributed by atoms with Crippen molar-refractivity contribution in [3.8, 4) is 0 Å². The zero-order valence-electron chi connectivity index (χ0n) is 15.1. The molecule has 0 aliphatic carbocycles. The van der Waals surface area contributed by atoms with Gasteiger partial charge in [0.05, 0.1) is 0 Å². The van der Waals surface area contributed by atoms with Gasteiger partial charge in [0.2, 0.25) is 0 Å². The summed E-state index contributed by atoms with van der Waals surface area (Å²) in [5.41, 5.74) is 2.14. The predicted octanol–water partition coefficient (Wildman–Crippen LogP) is 3.22. The summed E-state index contributed by atoms with van der Waals surface area (Å²) in [6, 6.07) is 13.7. The SMILES string of the molecule is CN(CCc1ccncc1)c1cc(C(=O)NCc2ccccc2F)ccn1. The fourth-order valence-corrected chi connectivity index (χ4v) is 2.65. The van der Waals surface area contributed by atoms with E-state index in [9.17, 15) is 9.18 Å². The number of anilines is 1. The first kappa shape index (κ1) is 18.5. The molecular formula is C21H21FN4O. The van der Waals surface area contributed by atoms with Gasteiger partial charge in [0.1, 0.15) is 11.6 Å². The second-order valence-electron chi connectivity index (χ2n) is 6.20. The molecule has 1 N–H and O–H groups in total. The van der Waals surface area contributed by atoms with E-state index in [1.807, 2.05) is 24.1 Å². The molecule has 0 spiro atoms. The number of pyridine rings is 2.